The van der Waals surface area contributed by atoms with Crippen LogP contribution >= 0.6 is 127 Å². The van der Waals surface area contributed by atoms with E-state index < -0.39 is 19.9 Å². The fourth-order valence-corrected chi connectivity index (χ4v) is 7.32. The summed E-state index contributed by atoms with van der Waals surface area (Å²) < 4.78 is 38.9. The lowest BCUT2D eigenvalue weighted by Crippen LogP contribution is -2.29. The van der Waals surface area contributed by atoms with E-state index in [2.05, 4.69) is 127 Å². The Bertz CT molecular complexity index is 1110. The summed E-state index contributed by atoms with van der Waals surface area (Å²) in [6, 6.07) is 3.01. The van der Waals surface area contributed by atoms with Gasteiger partial charge in [-0.1, -0.05) is 0 Å². The Morgan fingerprint density at radius 2 is 1.31 bits per heavy atom. The molecule has 0 saturated carbocycles. The van der Waals surface area contributed by atoms with Crippen LogP contribution in [0, 0.1) is 0 Å². The van der Waals surface area contributed by atoms with Crippen molar-refractivity contribution in [1.82, 2.24) is 0 Å². The van der Waals surface area contributed by atoms with E-state index in [1.54, 1.807) is 6.07 Å². The van der Waals surface area contributed by atoms with Crippen molar-refractivity contribution in [3.63, 3.8) is 0 Å². The molecular weight excluding hydrogens is 935 g/mol. The van der Waals surface area contributed by atoms with Crippen molar-refractivity contribution in [2.24, 2.45) is 0 Å². The van der Waals surface area contributed by atoms with Crippen molar-refractivity contribution >= 4 is 144 Å². The predicted octanol–water partition coefficient (Wildman–Crippen LogP) is 7.98. The van der Waals surface area contributed by atoms with E-state index in [4.69, 9.17) is 4.74 Å². The molecule has 0 saturated heterocycles. The molecule has 2 N–H and O–H groups in total. The van der Waals surface area contributed by atoms with Gasteiger partial charge in [-0.15, -0.1) is 0 Å². The summed E-state index contributed by atoms with van der Waals surface area (Å²) in [6.45, 7) is 0. The molecule has 3 rings (SSSR count). The number of phenolic OH excluding ortho intramolecular Hbond substituents is 1. The molecule has 1 aliphatic rings. The van der Waals surface area contributed by atoms with Crippen molar-refractivity contribution in [2.75, 3.05) is 0 Å². The first-order valence-corrected chi connectivity index (χ1v) is 14.5. The monoisotopic (exact) mass is 931 g/mol. The maximum atomic E-state index is 11.7. The van der Waals surface area contributed by atoms with Crippen LogP contribution in [0.4, 0.5) is 0 Å². The van der Waals surface area contributed by atoms with Gasteiger partial charge in [0.25, 0.3) is 0 Å². The predicted molar refractivity (Wildman–Crippen MR) is 136 cm³/mol. The fourth-order valence-electron chi connectivity index (χ4n) is 2.02. The lowest BCUT2D eigenvalue weighted by atomic mass is 10.1. The SMILES string of the molecule is O=C1OC(Br)(S(=O)(=O)O)c2c1cc(Br)c(Br)c2Br.Oc1cc(Br)c(Br)c(Br)c1Br. The first-order valence-electron chi connectivity index (χ1n) is 6.72. The molecule has 6 nitrogen and oxygen atoms in total. The lowest BCUT2D eigenvalue weighted by Gasteiger charge is -2.19. The van der Waals surface area contributed by atoms with E-state index >= 15 is 0 Å². The van der Waals surface area contributed by atoms with Gasteiger partial charge in [0.1, 0.15) is 5.75 Å². The molecule has 158 valence electrons. The van der Waals surface area contributed by atoms with Gasteiger partial charge in [0.2, 0.25) is 0 Å². The van der Waals surface area contributed by atoms with Crippen LogP contribution in [0.5, 0.6) is 5.75 Å². The van der Waals surface area contributed by atoms with Crippen LogP contribution in [-0.2, 0) is 18.7 Å². The average Bonchev–Trinajstić information content (AvgIpc) is 2.88. The van der Waals surface area contributed by atoms with Gasteiger partial charge in [-0.3, -0.25) is 4.55 Å². The largest absolute Gasteiger partial charge is 0.507 e. The highest BCUT2D eigenvalue weighted by molar-refractivity contribution is 9.15. The summed E-state index contributed by atoms with van der Waals surface area (Å²) in [5.41, 5.74) is 0.0246. The van der Waals surface area contributed by atoms with Crippen LogP contribution in [0.15, 0.2) is 43.4 Å². The van der Waals surface area contributed by atoms with E-state index in [9.17, 15) is 22.9 Å². The molecule has 0 aromatic heterocycles. The molecule has 15 heteroatoms. The molecule has 0 radical (unpaired) electrons. The number of hydrogen-bond donors (Lipinski definition) is 2. The molecule has 0 spiro atoms. The number of cyclic esters (lactones) is 1. The summed E-state index contributed by atoms with van der Waals surface area (Å²) in [4.78, 5) is 11.7. The van der Waals surface area contributed by atoms with E-state index in [1.165, 1.54) is 6.07 Å². The summed E-state index contributed by atoms with van der Waals surface area (Å²) in [5, 5.41) is 9.28. The lowest BCUT2D eigenvalue weighted by molar-refractivity contribution is 0.0452. The number of ether oxygens (including phenoxy) is 1. The molecule has 0 bridgehead atoms. The van der Waals surface area contributed by atoms with E-state index in [1.807, 2.05) is 0 Å². The Labute approximate surface area is 232 Å². The average molecular weight is 939 g/mol. The second-order valence-electron chi connectivity index (χ2n) is 5.13. The number of hydrogen-bond acceptors (Lipinski definition) is 5. The minimum Gasteiger partial charge on any atom is -0.507 e. The maximum Gasteiger partial charge on any atom is 0.341 e. The smallest absolute Gasteiger partial charge is 0.341 e. The van der Waals surface area contributed by atoms with Crippen LogP contribution in [0.25, 0.3) is 0 Å². The van der Waals surface area contributed by atoms with Gasteiger partial charge in [0, 0.05) is 22.4 Å². The molecule has 1 aliphatic heterocycles. The van der Waals surface area contributed by atoms with Crippen molar-refractivity contribution in [1.29, 1.82) is 0 Å². The zero-order valence-corrected chi connectivity index (χ0v) is 26.6. The maximum absolute atomic E-state index is 11.7. The molecule has 1 unspecified atom stereocenters. The Kier molecular flexibility index (Phi) is 8.98. The number of aromatic hydroxyl groups is 1. The first-order chi connectivity index (χ1) is 13.1. The third-order valence-corrected chi connectivity index (χ3v) is 14.0. The Balaban J connectivity index is 0.000000234. The summed E-state index contributed by atoms with van der Waals surface area (Å²) in [6.07, 6.45) is 0. The quantitative estimate of drug-likeness (QED) is 0.0990. The molecule has 2 aromatic carbocycles. The number of alkyl halides is 1. The molecule has 1 heterocycles. The molecule has 0 aliphatic carbocycles. The zero-order chi connectivity index (χ0) is 22.5. The number of esters is 1. The molecular formula is C14H4Br8O6S. The summed E-state index contributed by atoms with van der Waals surface area (Å²) in [7, 11) is -4.69. The van der Waals surface area contributed by atoms with Gasteiger partial charge < -0.3 is 9.84 Å². The van der Waals surface area contributed by atoms with Gasteiger partial charge in [-0.05, 0) is 140 Å². The Hall–Kier alpha value is 1.46. The topological polar surface area (TPSA) is 101 Å². The van der Waals surface area contributed by atoms with Crippen LogP contribution in [0.3, 0.4) is 0 Å². The minimum atomic E-state index is -4.69. The molecule has 0 fully saturated rings. The standard InChI is InChI=1S/C8H2Br4O5S.C6H2Br4O/c9-3-1-2-4(6(11)5(3)10)8(12,17-7(2)13)18(14,15)16;7-2-1-3(11)5(9)6(10)4(2)8/h1H,(H,14,15,16);1,11H. The van der Waals surface area contributed by atoms with Crippen LogP contribution < -0.4 is 0 Å². The van der Waals surface area contributed by atoms with Crippen molar-refractivity contribution in [3.05, 3.63) is 54.6 Å². The Morgan fingerprint density at radius 1 is 0.828 bits per heavy atom. The first kappa shape index (κ1) is 26.7. The highest BCUT2D eigenvalue weighted by Gasteiger charge is 2.55. The molecule has 1 atom stereocenters. The summed E-state index contributed by atoms with van der Waals surface area (Å²) >= 11 is 25.5. The Morgan fingerprint density at radius 3 is 1.83 bits per heavy atom. The van der Waals surface area contributed by atoms with E-state index in [0.717, 1.165) is 13.4 Å². The number of carbonyl (C=O) groups excluding carboxylic acids is 1. The van der Waals surface area contributed by atoms with Crippen molar-refractivity contribution in [3.8, 4) is 5.75 Å². The second kappa shape index (κ2) is 9.75. The van der Waals surface area contributed by atoms with Gasteiger partial charge in [-0.2, -0.15) is 8.42 Å². The third kappa shape index (κ3) is 5.18. The van der Waals surface area contributed by atoms with Gasteiger partial charge in [0.15, 0.2) is 0 Å². The fraction of sp³-hybridized carbons (Fsp3) is 0.0714. The number of fused-ring (bicyclic) bond motifs is 1. The number of phenols is 1. The zero-order valence-electron chi connectivity index (χ0n) is 13.1. The van der Waals surface area contributed by atoms with Gasteiger partial charge in [0.05, 0.1) is 20.1 Å². The van der Waals surface area contributed by atoms with Gasteiger partial charge in [-0.25, -0.2) is 4.79 Å². The molecule has 29 heavy (non-hydrogen) atoms. The van der Waals surface area contributed by atoms with Crippen LogP contribution in [-0.4, -0.2) is 24.0 Å². The van der Waals surface area contributed by atoms with Crippen LogP contribution in [0.2, 0.25) is 0 Å². The number of benzene rings is 2. The molecule has 0 amide bonds. The summed E-state index contributed by atoms with van der Waals surface area (Å²) in [5.74, 6) is -0.652. The number of carbonyl (C=O) groups is 1. The van der Waals surface area contributed by atoms with Crippen molar-refractivity contribution < 1.29 is 27.6 Å². The van der Waals surface area contributed by atoms with Gasteiger partial charge >= 0.3 is 19.9 Å². The highest BCUT2D eigenvalue weighted by atomic mass is 79.9. The van der Waals surface area contributed by atoms with Crippen LogP contribution in [0.1, 0.15) is 15.9 Å². The molecule has 2 aromatic rings. The number of rotatable bonds is 1. The third-order valence-electron chi connectivity index (χ3n) is 3.32. The minimum absolute atomic E-state index is 0.00919. The second-order valence-corrected chi connectivity index (χ2v) is 14.0. The highest BCUT2D eigenvalue weighted by Crippen LogP contribution is 2.51. The number of halogens is 8. The van der Waals surface area contributed by atoms with Crippen molar-refractivity contribution in [2.45, 2.75) is 3.84 Å². The van der Waals surface area contributed by atoms with E-state index in [0.29, 0.717) is 13.4 Å². The van der Waals surface area contributed by atoms with E-state index in [-0.39, 0.29) is 21.3 Å². The normalized spacial score (nSPS) is 18.0.